The summed E-state index contributed by atoms with van der Waals surface area (Å²) < 4.78 is 0.597. The van der Waals surface area contributed by atoms with Gasteiger partial charge in [-0.25, -0.2) is 4.79 Å². The topological polar surface area (TPSA) is 133 Å². The number of nitrogens with one attached hydrogen (secondary N) is 1. The summed E-state index contributed by atoms with van der Waals surface area (Å²) in [4.78, 5) is 23.7. The van der Waals surface area contributed by atoms with Crippen LogP contribution in [0.15, 0.2) is 42.5 Å². The Morgan fingerprint density at radius 3 is 2.23 bits per heavy atom. The van der Waals surface area contributed by atoms with Gasteiger partial charge in [0.05, 0.1) is 9.61 Å². The van der Waals surface area contributed by atoms with Crippen molar-refractivity contribution in [2.75, 3.05) is 0 Å². The number of rotatable bonds is 7. The molecule has 0 aromatic heterocycles. The van der Waals surface area contributed by atoms with E-state index >= 15 is 0 Å². The Hall–Kier alpha value is -2.33. The fraction of sp³-hybridized carbons (Fsp3) is 0.222. The quantitative estimate of drug-likeness (QED) is 0.389. The number of hydrogen-bond donors (Lipinski definition) is 5. The molecular formula is C18H19IN2O5. The second-order valence-corrected chi connectivity index (χ2v) is 7.03. The number of aromatic hydroxyl groups is 2. The van der Waals surface area contributed by atoms with Crippen LogP contribution in [0.2, 0.25) is 0 Å². The Bertz CT molecular complexity index is 795. The average molecular weight is 470 g/mol. The molecule has 7 nitrogen and oxygen atoms in total. The third-order valence-electron chi connectivity index (χ3n) is 3.80. The first-order valence-electron chi connectivity index (χ1n) is 7.80. The van der Waals surface area contributed by atoms with Gasteiger partial charge in [-0.3, -0.25) is 4.79 Å². The van der Waals surface area contributed by atoms with E-state index in [1.807, 2.05) is 22.6 Å². The van der Waals surface area contributed by atoms with Gasteiger partial charge in [-0.05, 0) is 64.4 Å². The molecule has 0 fully saturated rings. The highest BCUT2D eigenvalue weighted by Crippen LogP contribution is 2.21. The summed E-state index contributed by atoms with van der Waals surface area (Å²) in [5.74, 6) is -1.51. The van der Waals surface area contributed by atoms with Crippen molar-refractivity contribution in [3.63, 3.8) is 0 Å². The number of phenolic OH excluding ortho intramolecular Hbond substituents is 2. The minimum atomic E-state index is -1.17. The van der Waals surface area contributed by atoms with Gasteiger partial charge in [0.25, 0.3) is 0 Å². The number of hydrogen-bond acceptors (Lipinski definition) is 5. The standard InChI is InChI=1S/C18H19IN2O5/c19-13-7-11(3-6-16(13)23)9-15(18(25)26)21-17(24)14(20)8-10-1-4-12(22)5-2-10/h1-7,14-15,22-23H,8-9,20H2,(H,21,24)(H,25,26)/t14-,15-/m0/s1. The van der Waals surface area contributed by atoms with Gasteiger partial charge in [-0.2, -0.15) is 0 Å². The van der Waals surface area contributed by atoms with Crippen LogP contribution >= 0.6 is 22.6 Å². The van der Waals surface area contributed by atoms with E-state index in [2.05, 4.69) is 5.32 Å². The van der Waals surface area contributed by atoms with E-state index in [-0.39, 0.29) is 24.3 Å². The maximum absolute atomic E-state index is 12.3. The molecule has 0 spiro atoms. The molecule has 8 heteroatoms. The minimum Gasteiger partial charge on any atom is -0.508 e. The summed E-state index contributed by atoms with van der Waals surface area (Å²) in [6.45, 7) is 0. The number of carboxylic acids is 1. The van der Waals surface area contributed by atoms with Gasteiger partial charge < -0.3 is 26.4 Å². The largest absolute Gasteiger partial charge is 0.508 e. The zero-order chi connectivity index (χ0) is 19.3. The van der Waals surface area contributed by atoms with Crippen molar-refractivity contribution in [2.45, 2.75) is 24.9 Å². The van der Waals surface area contributed by atoms with Gasteiger partial charge in [-0.15, -0.1) is 0 Å². The predicted octanol–water partition coefficient (Wildman–Crippen LogP) is 1.38. The van der Waals surface area contributed by atoms with Gasteiger partial charge in [-0.1, -0.05) is 18.2 Å². The highest BCUT2D eigenvalue weighted by Gasteiger charge is 2.24. The molecule has 0 aliphatic carbocycles. The average Bonchev–Trinajstić information content (AvgIpc) is 2.59. The summed E-state index contributed by atoms with van der Waals surface area (Å²) in [5, 5.41) is 30.6. The number of nitrogens with two attached hydrogens (primary N) is 1. The molecule has 6 N–H and O–H groups in total. The number of carboxylic acid groups (broad SMARTS) is 1. The molecule has 2 rings (SSSR count). The number of benzene rings is 2. The summed E-state index contributed by atoms with van der Waals surface area (Å²) >= 11 is 1.94. The number of carbonyl (C=O) groups is 2. The highest BCUT2D eigenvalue weighted by atomic mass is 127. The number of aliphatic carboxylic acids is 1. The van der Waals surface area contributed by atoms with Crippen LogP contribution < -0.4 is 11.1 Å². The van der Waals surface area contributed by atoms with Crippen molar-refractivity contribution in [1.29, 1.82) is 0 Å². The molecule has 2 aromatic rings. The molecule has 0 aliphatic rings. The molecule has 1 amide bonds. The normalized spacial score (nSPS) is 13.0. The molecule has 0 bridgehead atoms. The molecule has 26 heavy (non-hydrogen) atoms. The summed E-state index contributed by atoms with van der Waals surface area (Å²) in [7, 11) is 0. The number of amides is 1. The Morgan fingerprint density at radius 2 is 1.65 bits per heavy atom. The smallest absolute Gasteiger partial charge is 0.326 e. The third kappa shape index (κ3) is 5.60. The lowest BCUT2D eigenvalue weighted by Gasteiger charge is -2.18. The number of phenols is 2. The van der Waals surface area contributed by atoms with Crippen molar-refractivity contribution >= 4 is 34.5 Å². The van der Waals surface area contributed by atoms with Gasteiger partial charge in [0.1, 0.15) is 17.5 Å². The molecule has 0 unspecified atom stereocenters. The Kier molecular flexibility index (Phi) is 6.81. The first-order valence-corrected chi connectivity index (χ1v) is 8.88. The lowest BCUT2D eigenvalue weighted by molar-refractivity contribution is -0.141. The van der Waals surface area contributed by atoms with Crippen LogP contribution in [0.5, 0.6) is 11.5 Å². The summed E-state index contributed by atoms with van der Waals surface area (Å²) in [6, 6.07) is 8.98. The molecule has 2 aromatic carbocycles. The number of halogens is 1. The SMILES string of the molecule is N[C@@H](Cc1ccc(O)cc1)C(=O)N[C@@H](Cc1ccc(O)c(I)c1)C(=O)O. The van der Waals surface area contributed by atoms with Gasteiger partial charge in [0.15, 0.2) is 0 Å². The molecule has 0 radical (unpaired) electrons. The molecule has 2 atom stereocenters. The van der Waals surface area contributed by atoms with E-state index < -0.39 is 24.0 Å². The molecular weight excluding hydrogens is 451 g/mol. The highest BCUT2D eigenvalue weighted by molar-refractivity contribution is 14.1. The fourth-order valence-corrected chi connectivity index (χ4v) is 2.95. The monoisotopic (exact) mass is 470 g/mol. The lowest BCUT2D eigenvalue weighted by atomic mass is 10.0. The van der Waals surface area contributed by atoms with Crippen LogP contribution in [0.3, 0.4) is 0 Å². The van der Waals surface area contributed by atoms with Gasteiger partial charge >= 0.3 is 5.97 Å². The maximum atomic E-state index is 12.3. The minimum absolute atomic E-state index is 0.0727. The van der Waals surface area contributed by atoms with Crippen LogP contribution in [0, 0.1) is 3.57 Å². The second-order valence-electron chi connectivity index (χ2n) is 5.87. The summed E-state index contributed by atoms with van der Waals surface area (Å²) in [6.07, 6.45) is 0.291. The van der Waals surface area contributed by atoms with E-state index in [4.69, 9.17) is 5.73 Å². The van der Waals surface area contributed by atoms with E-state index in [1.54, 1.807) is 24.3 Å². The van der Waals surface area contributed by atoms with Crippen molar-refractivity contribution in [1.82, 2.24) is 5.32 Å². The van der Waals surface area contributed by atoms with Crippen molar-refractivity contribution < 1.29 is 24.9 Å². The van der Waals surface area contributed by atoms with Crippen molar-refractivity contribution in [2.24, 2.45) is 5.73 Å². The van der Waals surface area contributed by atoms with E-state index in [0.717, 1.165) is 5.56 Å². The maximum Gasteiger partial charge on any atom is 0.326 e. The van der Waals surface area contributed by atoms with Crippen molar-refractivity contribution in [3.05, 3.63) is 57.2 Å². The molecule has 0 heterocycles. The van der Waals surface area contributed by atoms with E-state index in [1.165, 1.54) is 18.2 Å². The van der Waals surface area contributed by atoms with Crippen LogP contribution in [-0.4, -0.2) is 39.3 Å². The lowest BCUT2D eigenvalue weighted by Crippen LogP contribution is -2.50. The molecule has 0 saturated heterocycles. The molecule has 0 saturated carbocycles. The first-order chi connectivity index (χ1) is 12.3. The van der Waals surface area contributed by atoms with Crippen LogP contribution in [0.25, 0.3) is 0 Å². The van der Waals surface area contributed by atoms with Gasteiger partial charge in [0.2, 0.25) is 5.91 Å². The zero-order valence-corrected chi connectivity index (χ0v) is 15.9. The zero-order valence-electron chi connectivity index (χ0n) is 13.7. The fourth-order valence-electron chi connectivity index (χ4n) is 2.37. The third-order valence-corrected chi connectivity index (χ3v) is 4.66. The Balaban J connectivity index is 2.01. The van der Waals surface area contributed by atoms with E-state index in [0.29, 0.717) is 9.13 Å². The van der Waals surface area contributed by atoms with Crippen molar-refractivity contribution in [3.8, 4) is 11.5 Å². The Labute approximate surface area is 164 Å². The second kappa shape index (κ2) is 8.86. The summed E-state index contributed by atoms with van der Waals surface area (Å²) in [5.41, 5.74) is 7.30. The van der Waals surface area contributed by atoms with Crippen LogP contribution in [0.1, 0.15) is 11.1 Å². The van der Waals surface area contributed by atoms with Crippen LogP contribution in [-0.2, 0) is 22.4 Å². The van der Waals surface area contributed by atoms with Gasteiger partial charge in [0, 0.05) is 6.42 Å². The van der Waals surface area contributed by atoms with Crippen LogP contribution in [0.4, 0.5) is 0 Å². The number of carbonyl (C=O) groups excluding carboxylic acids is 1. The molecule has 0 aliphatic heterocycles. The van der Waals surface area contributed by atoms with E-state index in [9.17, 15) is 24.9 Å². The molecule has 138 valence electrons. The predicted molar refractivity (Wildman–Crippen MR) is 104 cm³/mol. The first kappa shape index (κ1) is 20.0. The Morgan fingerprint density at radius 1 is 1.04 bits per heavy atom.